The van der Waals surface area contributed by atoms with Crippen LogP contribution < -0.4 is 20.3 Å². The average molecular weight is 1200 g/mol. The third-order valence-electron chi connectivity index (χ3n) is 15.5. The summed E-state index contributed by atoms with van der Waals surface area (Å²) < 4.78 is 73.1. The summed E-state index contributed by atoms with van der Waals surface area (Å²) in [6, 6.07) is 26.3. The molecule has 4 aliphatic rings. The predicted molar refractivity (Wildman–Crippen MR) is 319 cm³/mol. The van der Waals surface area contributed by atoms with E-state index in [1.54, 1.807) is 7.05 Å². The molecule has 1 aromatic heterocycles. The second-order valence-corrected chi connectivity index (χ2v) is 22.7. The number of carbonyl (C=O) groups is 2. The molecule has 0 radical (unpaired) electrons. The molecule has 2 saturated heterocycles. The van der Waals surface area contributed by atoms with E-state index in [-0.39, 0.29) is 48.8 Å². The number of urea groups is 1. The Balaban J connectivity index is 0.686. The Kier molecular flexibility index (Phi) is 22.1. The van der Waals surface area contributed by atoms with Crippen molar-refractivity contribution < 1.29 is 46.4 Å². The van der Waals surface area contributed by atoms with Crippen molar-refractivity contribution in [2.24, 2.45) is 10.8 Å². The minimum absolute atomic E-state index is 0.0189. The average Bonchev–Trinajstić information content (AvgIpc) is 2.05. The summed E-state index contributed by atoms with van der Waals surface area (Å²) in [6.45, 7) is 11.2. The van der Waals surface area contributed by atoms with Gasteiger partial charge in [0.1, 0.15) is 34.0 Å². The van der Waals surface area contributed by atoms with Crippen LogP contribution >= 0.6 is 23.4 Å². The van der Waals surface area contributed by atoms with Crippen molar-refractivity contribution in [1.29, 1.82) is 5.26 Å². The lowest BCUT2D eigenvalue weighted by Gasteiger charge is -2.42. The number of rotatable bonds is 28. The Morgan fingerprint density at radius 3 is 2.36 bits per heavy atom. The van der Waals surface area contributed by atoms with E-state index in [2.05, 4.69) is 50.6 Å². The van der Waals surface area contributed by atoms with E-state index in [9.17, 15) is 23.6 Å². The van der Waals surface area contributed by atoms with E-state index in [0.717, 1.165) is 83.8 Å². The summed E-state index contributed by atoms with van der Waals surface area (Å²) in [5.41, 5.74) is 9.54. The molecule has 0 spiro atoms. The summed E-state index contributed by atoms with van der Waals surface area (Å²) in [4.78, 5) is 45.6. The third kappa shape index (κ3) is 15.1. The number of benzene rings is 4. The summed E-state index contributed by atoms with van der Waals surface area (Å²) >= 11 is 8.00. The fourth-order valence-electron chi connectivity index (χ4n) is 11.2. The van der Waals surface area contributed by atoms with Crippen LogP contribution in [0.1, 0.15) is 60.9 Å². The highest BCUT2D eigenvalue weighted by Gasteiger charge is 2.49. The number of ether oxygens (including phenoxy) is 5. The molecular weight excluding hydrogens is 1120 g/mol. The Morgan fingerprint density at radius 2 is 1.62 bits per heavy atom. The first-order valence-electron chi connectivity index (χ1n) is 28.7. The summed E-state index contributed by atoms with van der Waals surface area (Å²) in [6.07, 6.45) is 4.49. The van der Waals surface area contributed by atoms with Crippen LogP contribution in [-0.4, -0.2) is 178 Å². The summed E-state index contributed by atoms with van der Waals surface area (Å²) in [5.74, 6) is -2.39. The van der Waals surface area contributed by atoms with Gasteiger partial charge >= 0.3 is 12.0 Å². The van der Waals surface area contributed by atoms with Crippen molar-refractivity contribution in [2.75, 3.05) is 129 Å². The number of nitriles is 1. The topological polar surface area (TPSA) is 188 Å². The maximum atomic E-state index is 15.0. The maximum absolute atomic E-state index is 15.0. The van der Waals surface area contributed by atoms with E-state index in [1.165, 1.54) is 26.6 Å². The smallest absolute Gasteiger partial charge is 0.341 e. The molecule has 18 nitrogen and oxygen atoms in total. The molecule has 0 saturated carbocycles. The molecule has 0 bridgehead atoms. The van der Waals surface area contributed by atoms with Gasteiger partial charge in [-0.3, -0.25) is 9.69 Å². The molecule has 4 aromatic carbocycles. The van der Waals surface area contributed by atoms with Crippen LogP contribution in [0.25, 0.3) is 10.8 Å². The van der Waals surface area contributed by atoms with E-state index in [1.807, 2.05) is 48.5 Å². The highest BCUT2D eigenvalue weighted by Crippen LogP contribution is 2.51. The van der Waals surface area contributed by atoms with Gasteiger partial charge in [-0.05, 0) is 92.9 Å². The molecule has 4 aliphatic heterocycles. The number of hydrogen-bond acceptors (Lipinski definition) is 16. The molecule has 2 fully saturated rings. The van der Waals surface area contributed by atoms with Gasteiger partial charge in [0, 0.05) is 81.2 Å². The number of piperazine rings is 1. The van der Waals surface area contributed by atoms with Gasteiger partial charge in [0.25, 0.3) is 5.91 Å². The number of nitrogens with zero attached hydrogens (tertiary/aromatic N) is 10. The number of hydrogen-bond donors (Lipinski definition) is 1. The fourth-order valence-corrected chi connectivity index (χ4v) is 12.9. The lowest BCUT2D eigenvalue weighted by molar-refractivity contribution is -0.131. The molecule has 0 aliphatic carbocycles. The molecule has 5 aromatic rings. The molecular formula is C61H73ClF3N11O7S. The highest BCUT2D eigenvalue weighted by molar-refractivity contribution is 8.15. The standard InChI is InChI=1S/C61H73ClF3N11O7S/c1-43(63)58(77)75-29-28-74(40-47(75)20-24-67)56-49-21-27-73(54-17-7-12-44-11-6-16-51(62)55(44)54)41-53(49)68-59(69-56)83-42-48-15-8-25-72(48)26-10-31-79-33-35-81-37-38-82-36-34-80-32-30-71(2)60(78)76-61(22-9-23-66,45-13-4-3-5-14-45)84-57(70-76)50-39-46(64)18-19-52(50)65/h3-7,11-14,16-19,39,47-48H,1,8-10,15,20-23,25-38,40-42,66H2,2H3/t47-,48-,61-/m0/s1. The monoisotopic (exact) mass is 1200 g/mol. The van der Waals surface area contributed by atoms with Crippen molar-refractivity contribution >= 4 is 62.6 Å². The highest BCUT2D eigenvalue weighted by atomic mass is 35.5. The van der Waals surface area contributed by atoms with Gasteiger partial charge in [-0.1, -0.05) is 84.5 Å². The van der Waals surface area contributed by atoms with Crippen molar-refractivity contribution in [3.8, 4) is 12.1 Å². The van der Waals surface area contributed by atoms with Gasteiger partial charge in [-0.25, -0.2) is 18.0 Å². The molecule has 3 atom stereocenters. The second-order valence-electron chi connectivity index (χ2n) is 21.0. The first-order chi connectivity index (χ1) is 40.9. The second kappa shape index (κ2) is 30.0. The Labute approximate surface area is 498 Å². The van der Waals surface area contributed by atoms with Crippen LogP contribution in [0.3, 0.4) is 0 Å². The number of carbonyl (C=O) groups excluding carboxylic acids is 2. The summed E-state index contributed by atoms with van der Waals surface area (Å²) in [5, 5.41) is 18.6. The Morgan fingerprint density at radius 1 is 0.881 bits per heavy atom. The van der Waals surface area contributed by atoms with Crippen LogP contribution in [0.2, 0.25) is 5.02 Å². The van der Waals surface area contributed by atoms with Crippen molar-refractivity contribution in [3.63, 3.8) is 0 Å². The van der Waals surface area contributed by atoms with E-state index in [4.69, 9.17) is 51.0 Å². The maximum Gasteiger partial charge on any atom is 0.341 e. The number of thioether (sulfide) groups is 1. The minimum Gasteiger partial charge on any atom is -0.462 e. The zero-order chi connectivity index (χ0) is 59.0. The quantitative estimate of drug-likeness (QED) is 0.0369. The van der Waals surface area contributed by atoms with Crippen LogP contribution in [0.15, 0.2) is 102 Å². The number of aromatic nitrogens is 2. The van der Waals surface area contributed by atoms with Crippen molar-refractivity contribution in [2.45, 2.75) is 68.4 Å². The van der Waals surface area contributed by atoms with Crippen LogP contribution in [0.4, 0.5) is 29.5 Å². The minimum atomic E-state index is -1.05. The molecule has 0 unspecified atom stereocenters. The molecule has 448 valence electrons. The number of amides is 3. The van der Waals surface area contributed by atoms with Crippen molar-refractivity contribution in [3.05, 3.63) is 136 Å². The number of likely N-dealkylation sites (N-methyl/N-ethyl adjacent to an activating group) is 1. The largest absolute Gasteiger partial charge is 0.462 e. The Hall–Kier alpha value is -6.55. The number of halogens is 4. The molecule has 3 amide bonds. The first kappa shape index (κ1) is 62.0. The lowest BCUT2D eigenvalue weighted by Crippen LogP contribution is -2.55. The van der Waals surface area contributed by atoms with Gasteiger partial charge in [0.05, 0.1) is 82.0 Å². The zero-order valence-corrected chi connectivity index (χ0v) is 49.0. The molecule has 84 heavy (non-hydrogen) atoms. The normalized spacial score (nSPS) is 18.9. The van der Waals surface area contributed by atoms with E-state index >= 15 is 4.39 Å². The van der Waals surface area contributed by atoms with E-state index in [0.29, 0.717) is 116 Å². The molecule has 2 N–H and O–H groups in total. The fraction of sp³-hybridized carbons (Fsp3) is 0.475. The molecule has 9 rings (SSSR count). The van der Waals surface area contributed by atoms with Crippen molar-refractivity contribution in [1.82, 2.24) is 29.7 Å². The third-order valence-corrected chi connectivity index (χ3v) is 17.3. The number of likely N-dealkylation sites (tertiary alicyclic amines) is 1. The van der Waals surface area contributed by atoms with Gasteiger partial charge in [-0.15, -0.1) is 0 Å². The van der Waals surface area contributed by atoms with E-state index < -0.39 is 40.3 Å². The Bertz CT molecular complexity index is 3140. The molecule has 23 heteroatoms. The zero-order valence-electron chi connectivity index (χ0n) is 47.4. The van der Waals surface area contributed by atoms with Gasteiger partial charge in [-0.2, -0.15) is 25.3 Å². The number of fused-ring (bicyclic) bond motifs is 2. The van der Waals surface area contributed by atoms with Gasteiger partial charge in [0.2, 0.25) is 0 Å². The summed E-state index contributed by atoms with van der Waals surface area (Å²) in [7, 11) is 1.65. The van der Waals surface area contributed by atoms with Crippen LogP contribution in [-0.2, 0) is 41.6 Å². The van der Waals surface area contributed by atoms with Gasteiger partial charge < -0.3 is 49.0 Å². The first-order valence-corrected chi connectivity index (χ1v) is 29.9. The SMILES string of the molecule is C=C(F)C(=O)N1CCN(c2nc(OC[C@@H]3CCCN3CCCOCCOCCOCCOCCN(C)C(=O)N3N=C(c4cc(F)ccc4F)S[C@@]3(CCCN)c3ccccc3)nc3c2CCN(c2cccc4cccc(Cl)c24)C3)C[C@@H]1CC#N. The number of hydrazone groups is 1. The predicted octanol–water partition coefficient (Wildman–Crippen LogP) is 8.89. The number of nitrogens with two attached hydrogens (primary N) is 1. The van der Waals surface area contributed by atoms with Crippen LogP contribution in [0.5, 0.6) is 6.01 Å². The number of anilines is 2. The van der Waals surface area contributed by atoms with Gasteiger partial charge in [0.15, 0.2) is 5.83 Å². The lowest BCUT2D eigenvalue weighted by atomic mass is 10.0. The molecule has 5 heterocycles. The van der Waals surface area contributed by atoms with Crippen LogP contribution in [0, 0.1) is 23.0 Å².